The average Bonchev–Trinajstić information content (AvgIpc) is 2.77. The number of hydrogen-bond acceptors (Lipinski definition) is 4. The summed E-state index contributed by atoms with van der Waals surface area (Å²) in [7, 11) is 1.71. The average molecular weight is 241 g/mol. The lowest BCUT2D eigenvalue weighted by Gasteiger charge is -2.05. The Morgan fingerprint density at radius 3 is 2.82 bits per heavy atom. The maximum atomic E-state index is 5.59. The normalized spacial score (nSPS) is 11.1. The second kappa shape index (κ2) is 8.08. The highest BCUT2D eigenvalue weighted by atomic mass is 16.5. The molecule has 0 unspecified atom stereocenters. The molecule has 0 aromatic carbocycles. The van der Waals surface area contributed by atoms with E-state index in [1.165, 1.54) is 0 Å². The number of rotatable bonds is 9. The molecule has 0 aliphatic heterocycles. The third kappa shape index (κ3) is 5.70. The van der Waals surface area contributed by atoms with Gasteiger partial charge in [-0.3, -0.25) is 4.68 Å². The summed E-state index contributed by atoms with van der Waals surface area (Å²) in [6, 6.07) is 0.378. The van der Waals surface area contributed by atoms with Gasteiger partial charge in [-0.05, 0) is 26.8 Å². The van der Waals surface area contributed by atoms with Gasteiger partial charge in [-0.1, -0.05) is 0 Å². The number of methoxy groups -OCH3 is 1. The molecule has 1 aromatic heterocycles. The SMILES string of the molecule is COCCNCCCOc1cnn(C(C)C)c1. The lowest BCUT2D eigenvalue weighted by Crippen LogP contribution is -2.21. The molecule has 0 saturated heterocycles. The van der Waals surface area contributed by atoms with Crippen LogP contribution in [0.25, 0.3) is 0 Å². The van der Waals surface area contributed by atoms with Crippen molar-refractivity contribution < 1.29 is 9.47 Å². The zero-order chi connectivity index (χ0) is 12.5. The standard InChI is InChI=1S/C12H23N3O2/c1-11(2)15-10-12(9-14-15)17-7-4-5-13-6-8-16-3/h9-11,13H,4-8H2,1-3H3. The van der Waals surface area contributed by atoms with Crippen molar-refractivity contribution in [1.82, 2.24) is 15.1 Å². The Bertz CT molecular complexity index is 300. The summed E-state index contributed by atoms with van der Waals surface area (Å²) >= 11 is 0. The molecule has 5 heteroatoms. The van der Waals surface area contributed by atoms with Crippen molar-refractivity contribution in [2.75, 3.05) is 33.4 Å². The molecule has 0 bridgehead atoms. The van der Waals surface area contributed by atoms with E-state index in [-0.39, 0.29) is 0 Å². The van der Waals surface area contributed by atoms with Crippen LogP contribution in [-0.2, 0) is 4.74 Å². The van der Waals surface area contributed by atoms with Gasteiger partial charge in [-0.15, -0.1) is 0 Å². The molecule has 0 aliphatic carbocycles. The molecule has 1 heterocycles. The first-order chi connectivity index (χ1) is 8.24. The summed E-state index contributed by atoms with van der Waals surface area (Å²) in [4.78, 5) is 0. The van der Waals surface area contributed by atoms with Crippen LogP contribution >= 0.6 is 0 Å². The van der Waals surface area contributed by atoms with Gasteiger partial charge in [0, 0.05) is 19.7 Å². The first-order valence-electron chi connectivity index (χ1n) is 6.10. The van der Waals surface area contributed by atoms with E-state index in [1.807, 2.05) is 10.9 Å². The Morgan fingerprint density at radius 1 is 1.35 bits per heavy atom. The Morgan fingerprint density at radius 2 is 2.18 bits per heavy atom. The third-order valence-corrected chi connectivity index (χ3v) is 2.36. The van der Waals surface area contributed by atoms with Gasteiger partial charge in [0.25, 0.3) is 0 Å². The van der Waals surface area contributed by atoms with E-state index >= 15 is 0 Å². The van der Waals surface area contributed by atoms with Crippen LogP contribution in [0.4, 0.5) is 0 Å². The number of aromatic nitrogens is 2. The third-order valence-electron chi connectivity index (χ3n) is 2.36. The van der Waals surface area contributed by atoms with Crippen molar-refractivity contribution in [3.05, 3.63) is 12.4 Å². The molecule has 0 radical (unpaired) electrons. The van der Waals surface area contributed by atoms with Gasteiger partial charge in [0.05, 0.1) is 25.6 Å². The van der Waals surface area contributed by atoms with Gasteiger partial charge < -0.3 is 14.8 Å². The summed E-state index contributed by atoms with van der Waals surface area (Å²) in [6.07, 6.45) is 4.68. The molecule has 0 fully saturated rings. The van der Waals surface area contributed by atoms with Crippen molar-refractivity contribution in [3.8, 4) is 5.75 Å². The molecule has 98 valence electrons. The van der Waals surface area contributed by atoms with Crippen molar-refractivity contribution in [2.24, 2.45) is 0 Å². The molecule has 1 aromatic rings. The largest absolute Gasteiger partial charge is 0.490 e. The minimum atomic E-state index is 0.378. The van der Waals surface area contributed by atoms with Gasteiger partial charge in [0.1, 0.15) is 0 Å². The van der Waals surface area contributed by atoms with Crippen molar-refractivity contribution >= 4 is 0 Å². The van der Waals surface area contributed by atoms with E-state index in [2.05, 4.69) is 24.3 Å². The van der Waals surface area contributed by atoms with Crippen LogP contribution in [0, 0.1) is 0 Å². The molecule has 0 aliphatic rings. The minimum Gasteiger partial charge on any atom is -0.490 e. The summed E-state index contributed by atoms with van der Waals surface area (Å²) in [5.74, 6) is 0.843. The smallest absolute Gasteiger partial charge is 0.157 e. The highest BCUT2D eigenvalue weighted by Gasteiger charge is 2.01. The number of nitrogens with zero attached hydrogens (tertiary/aromatic N) is 2. The molecular formula is C12H23N3O2. The Balaban J connectivity index is 2.05. The van der Waals surface area contributed by atoms with Gasteiger partial charge >= 0.3 is 0 Å². The van der Waals surface area contributed by atoms with Crippen LogP contribution in [0.15, 0.2) is 12.4 Å². The van der Waals surface area contributed by atoms with E-state index in [1.54, 1.807) is 13.3 Å². The van der Waals surface area contributed by atoms with E-state index in [0.29, 0.717) is 12.6 Å². The number of hydrogen-bond donors (Lipinski definition) is 1. The summed E-state index contributed by atoms with van der Waals surface area (Å²) in [6.45, 7) is 7.49. The maximum absolute atomic E-state index is 5.59. The van der Waals surface area contributed by atoms with Crippen LogP contribution in [-0.4, -0.2) is 43.2 Å². The summed E-state index contributed by atoms with van der Waals surface area (Å²) in [5.41, 5.74) is 0. The number of nitrogens with one attached hydrogen (secondary N) is 1. The fourth-order valence-corrected chi connectivity index (χ4v) is 1.36. The lowest BCUT2D eigenvalue weighted by molar-refractivity contribution is 0.198. The lowest BCUT2D eigenvalue weighted by atomic mass is 10.4. The van der Waals surface area contributed by atoms with Gasteiger partial charge in [0.2, 0.25) is 0 Å². The number of ether oxygens (including phenoxy) is 2. The summed E-state index contributed by atoms with van der Waals surface area (Å²) < 4.78 is 12.4. The van der Waals surface area contributed by atoms with Crippen LogP contribution < -0.4 is 10.1 Å². The highest BCUT2D eigenvalue weighted by molar-refractivity contribution is 5.11. The molecule has 1 rings (SSSR count). The zero-order valence-electron chi connectivity index (χ0n) is 11.0. The molecule has 0 saturated carbocycles. The van der Waals surface area contributed by atoms with Crippen LogP contribution in [0.1, 0.15) is 26.3 Å². The first-order valence-corrected chi connectivity index (χ1v) is 6.10. The molecule has 0 spiro atoms. The van der Waals surface area contributed by atoms with Gasteiger partial charge in [-0.2, -0.15) is 5.10 Å². The van der Waals surface area contributed by atoms with Gasteiger partial charge in [0.15, 0.2) is 5.75 Å². The minimum absolute atomic E-state index is 0.378. The Hall–Kier alpha value is -1.07. The van der Waals surface area contributed by atoms with Crippen molar-refractivity contribution in [1.29, 1.82) is 0 Å². The molecule has 17 heavy (non-hydrogen) atoms. The van der Waals surface area contributed by atoms with Crippen LogP contribution in [0.5, 0.6) is 5.75 Å². The topological polar surface area (TPSA) is 48.3 Å². The van der Waals surface area contributed by atoms with Crippen LogP contribution in [0.2, 0.25) is 0 Å². The molecule has 0 amide bonds. The zero-order valence-corrected chi connectivity index (χ0v) is 11.0. The van der Waals surface area contributed by atoms with E-state index in [4.69, 9.17) is 9.47 Å². The van der Waals surface area contributed by atoms with Crippen molar-refractivity contribution in [3.63, 3.8) is 0 Å². The van der Waals surface area contributed by atoms with Crippen molar-refractivity contribution in [2.45, 2.75) is 26.3 Å². The van der Waals surface area contributed by atoms with Gasteiger partial charge in [-0.25, -0.2) is 0 Å². The molecule has 0 atom stereocenters. The second-order valence-electron chi connectivity index (χ2n) is 4.19. The van der Waals surface area contributed by atoms with E-state index in [9.17, 15) is 0 Å². The van der Waals surface area contributed by atoms with E-state index < -0.39 is 0 Å². The molecule has 1 N–H and O–H groups in total. The Kier molecular flexibility index (Phi) is 6.65. The fraction of sp³-hybridized carbons (Fsp3) is 0.750. The Labute approximate surface area is 103 Å². The predicted octanol–water partition coefficient (Wildman–Crippen LogP) is 1.47. The summed E-state index contributed by atoms with van der Waals surface area (Å²) in [5, 5.41) is 7.48. The van der Waals surface area contributed by atoms with E-state index in [0.717, 1.165) is 31.9 Å². The molecule has 5 nitrogen and oxygen atoms in total. The molecular weight excluding hydrogens is 218 g/mol. The second-order valence-corrected chi connectivity index (χ2v) is 4.19. The predicted molar refractivity (Wildman–Crippen MR) is 67.5 cm³/mol. The first kappa shape index (κ1) is 14.0. The quantitative estimate of drug-likeness (QED) is 0.665. The maximum Gasteiger partial charge on any atom is 0.157 e. The van der Waals surface area contributed by atoms with Crippen LogP contribution in [0.3, 0.4) is 0 Å². The fourth-order valence-electron chi connectivity index (χ4n) is 1.36. The monoisotopic (exact) mass is 241 g/mol. The highest BCUT2D eigenvalue weighted by Crippen LogP contribution is 2.12.